The molecule has 102 valence electrons. The maximum atomic E-state index is 12.3. The van der Waals surface area contributed by atoms with Crippen LogP contribution in [0.4, 0.5) is 0 Å². The van der Waals surface area contributed by atoms with Crippen LogP contribution in [-0.4, -0.2) is 44.6 Å². The van der Waals surface area contributed by atoms with E-state index in [1.54, 1.807) is 6.92 Å². The Morgan fingerprint density at radius 1 is 1.44 bits per heavy atom. The summed E-state index contributed by atoms with van der Waals surface area (Å²) < 4.78 is 30.9. The molecule has 0 fully saturated rings. The lowest BCUT2D eigenvalue weighted by Gasteiger charge is -2.20. The molecular formula is C11H16ClNO4S. The zero-order valence-corrected chi connectivity index (χ0v) is 11.8. The van der Waals surface area contributed by atoms with Crippen LogP contribution in [0.2, 0.25) is 5.02 Å². The van der Waals surface area contributed by atoms with E-state index in [-0.39, 0.29) is 30.3 Å². The maximum absolute atomic E-state index is 12.3. The highest BCUT2D eigenvalue weighted by atomic mass is 35.5. The van der Waals surface area contributed by atoms with Crippen molar-refractivity contribution >= 4 is 21.6 Å². The Balaban J connectivity index is 3.26. The number of nitrogens with zero attached hydrogens (tertiary/aromatic N) is 1. The molecule has 0 heterocycles. The molecule has 0 aromatic heterocycles. The molecule has 0 saturated heterocycles. The van der Waals surface area contributed by atoms with Crippen LogP contribution >= 0.6 is 11.6 Å². The molecule has 0 aliphatic rings. The third kappa shape index (κ3) is 3.14. The molecule has 1 N–H and O–H groups in total. The smallest absolute Gasteiger partial charge is 0.246 e. The summed E-state index contributed by atoms with van der Waals surface area (Å²) >= 11 is 5.79. The fourth-order valence-electron chi connectivity index (χ4n) is 1.55. The van der Waals surface area contributed by atoms with Crippen LogP contribution in [0.3, 0.4) is 0 Å². The molecule has 5 nitrogen and oxygen atoms in total. The third-order valence-electron chi connectivity index (χ3n) is 2.45. The number of halogens is 1. The van der Waals surface area contributed by atoms with Gasteiger partial charge in [-0.25, -0.2) is 8.42 Å². The quantitative estimate of drug-likeness (QED) is 0.860. The lowest BCUT2D eigenvalue weighted by molar-refractivity contribution is 0.256. The summed E-state index contributed by atoms with van der Waals surface area (Å²) in [5, 5.41) is 9.29. The Morgan fingerprint density at radius 3 is 2.61 bits per heavy atom. The van der Waals surface area contributed by atoms with Gasteiger partial charge in [0.15, 0.2) is 0 Å². The van der Waals surface area contributed by atoms with Gasteiger partial charge in [-0.15, -0.1) is 0 Å². The molecule has 0 saturated carbocycles. The van der Waals surface area contributed by atoms with E-state index in [1.165, 1.54) is 29.6 Å². The van der Waals surface area contributed by atoms with Crippen molar-refractivity contribution in [2.45, 2.75) is 11.8 Å². The average Bonchev–Trinajstić information content (AvgIpc) is 2.35. The van der Waals surface area contributed by atoms with E-state index in [4.69, 9.17) is 21.4 Å². The van der Waals surface area contributed by atoms with Crippen LogP contribution in [-0.2, 0) is 10.0 Å². The van der Waals surface area contributed by atoms with Gasteiger partial charge in [-0.3, -0.25) is 0 Å². The molecule has 1 rings (SSSR count). The van der Waals surface area contributed by atoms with Crippen LogP contribution in [0.1, 0.15) is 6.92 Å². The lowest BCUT2D eigenvalue weighted by Crippen LogP contribution is -2.33. The molecule has 1 aromatic carbocycles. The Labute approximate surface area is 112 Å². The number of ether oxygens (including phenoxy) is 1. The minimum atomic E-state index is -3.68. The number of rotatable bonds is 6. The molecule has 0 spiro atoms. The van der Waals surface area contributed by atoms with E-state index in [2.05, 4.69) is 0 Å². The number of benzene rings is 1. The fourth-order valence-corrected chi connectivity index (χ4v) is 3.29. The predicted molar refractivity (Wildman–Crippen MR) is 69.5 cm³/mol. The summed E-state index contributed by atoms with van der Waals surface area (Å²) in [5.74, 6) is 0.193. The summed E-state index contributed by atoms with van der Waals surface area (Å²) in [6.45, 7) is 1.79. The van der Waals surface area contributed by atoms with Crippen molar-refractivity contribution in [1.82, 2.24) is 4.31 Å². The largest absolute Gasteiger partial charge is 0.495 e. The highest BCUT2D eigenvalue weighted by Gasteiger charge is 2.26. The van der Waals surface area contributed by atoms with Gasteiger partial charge in [0.2, 0.25) is 10.0 Å². The second-order valence-electron chi connectivity index (χ2n) is 3.52. The number of likely N-dealkylation sites (N-methyl/N-ethyl adjacent to an activating group) is 1. The van der Waals surface area contributed by atoms with Crippen molar-refractivity contribution in [1.29, 1.82) is 0 Å². The highest BCUT2D eigenvalue weighted by molar-refractivity contribution is 7.89. The minimum Gasteiger partial charge on any atom is -0.495 e. The molecule has 0 amide bonds. The molecule has 0 radical (unpaired) electrons. The van der Waals surface area contributed by atoms with Crippen molar-refractivity contribution in [3.8, 4) is 5.75 Å². The number of sulfonamides is 1. The standard InChI is InChI=1S/C11H16ClNO4S/c1-3-13(6-7-14)18(15,16)11-5-4-9(12)8-10(11)17-2/h4-5,8,14H,3,6-7H2,1-2H3. The van der Waals surface area contributed by atoms with E-state index >= 15 is 0 Å². The van der Waals surface area contributed by atoms with Gasteiger partial charge in [0.1, 0.15) is 10.6 Å². The molecular weight excluding hydrogens is 278 g/mol. The number of hydrogen-bond donors (Lipinski definition) is 1. The van der Waals surface area contributed by atoms with Crippen LogP contribution in [0.5, 0.6) is 5.75 Å². The zero-order valence-electron chi connectivity index (χ0n) is 10.3. The summed E-state index contributed by atoms with van der Waals surface area (Å²) in [5.41, 5.74) is 0. The molecule has 0 aliphatic carbocycles. The summed E-state index contributed by atoms with van der Waals surface area (Å²) in [4.78, 5) is 0.0460. The molecule has 7 heteroatoms. The van der Waals surface area contributed by atoms with E-state index in [0.717, 1.165) is 0 Å². The van der Waals surface area contributed by atoms with Crippen molar-refractivity contribution < 1.29 is 18.3 Å². The number of aliphatic hydroxyl groups excluding tert-OH is 1. The first kappa shape index (κ1) is 15.2. The number of methoxy groups -OCH3 is 1. The van der Waals surface area contributed by atoms with Gasteiger partial charge in [-0.2, -0.15) is 4.31 Å². The minimum absolute atomic E-state index is 0.0460. The van der Waals surface area contributed by atoms with Crippen molar-refractivity contribution in [3.05, 3.63) is 23.2 Å². The van der Waals surface area contributed by atoms with Crippen molar-refractivity contribution in [2.24, 2.45) is 0 Å². The van der Waals surface area contributed by atoms with E-state index < -0.39 is 10.0 Å². The molecule has 0 bridgehead atoms. The Kier molecular flexibility index (Phi) is 5.40. The summed E-state index contributed by atoms with van der Waals surface area (Å²) in [7, 11) is -2.30. The maximum Gasteiger partial charge on any atom is 0.246 e. The van der Waals surface area contributed by atoms with Gasteiger partial charge in [-0.1, -0.05) is 18.5 Å². The highest BCUT2D eigenvalue weighted by Crippen LogP contribution is 2.29. The number of hydrogen-bond acceptors (Lipinski definition) is 4. The van der Waals surface area contributed by atoms with Gasteiger partial charge in [0, 0.05) is 24.2 Å². The lowest BCUT2D eigenvalue weighted by atomic mass is 10.3. The first-order valence-corrected chi connectivity index (χ1v) is 7.23. The van der Waals surface area contributed by atoms with Gasteiger partial charge in [0.05, 0.1) is 13.7 Å². The monoisotopic (exact) mass is 293 g/mol. The predicted octanol–water partition coefficient (Wildman–Crippen LogP) is 1.35. The number of aliphatic hydroxyl groups is 1. The van der Waals surface area contributed by atoms with E-state index in [0.29, 0.717) is 5.02 Å². The van der Waals surface area contributed by atoms with E-state index in [9.17, 15) is 8.42 Å². The van der Waals surface area contributed by atoms with Crippen LogP contribution in [0.15, 0.2) is 23.1 Å². The second-order valence-corrected chi connectivity index (χ2v) is 5.86. The first-order chi connectivity index (χ1) is 8.47. The molecule has 0 unspecified atom stereocenters. The van der Waals surface area contributed by atoms with E-state index in [1.807, 2.05) is 0 Å². The Hall–Kier alpha value is -0.820. The average molecular weight is 294 g/mol. The Morgan fingerprint density at radius 2 is 2.11 bits per heavy atom. The van der Waals surface area contributed by atoms with Gasteiger partial charge >= 0.3 is 0 Å². The summed E-state index contributed by atoms with van der Waals surface area (Å²) in [6, 6.07) is 4.33. The third-order valence-corrected chi connectivity index (χ3v) is 4.69. The first-order valence-electron chi connectivity index (χ1n) is 5.42. The zero-order chi connectivity index (χ0) is 13.8. The van der Waals surface area contributed by atoms with Gasteiger partial charge < -0.3 is 9.84 Å². The van der Waals surface area contributed by atoms with Gasteiger partial charge in [-0.05, 0) is 12.1 Å². The topological polar surface area (TPSA) is 66.8 Å². The van der Waals surface area contributed by atoms with Crippen LogP contribution in [0.25, 0.3) is 0 Å². The fraction of sp³-hybridized carbons (Fsp3) is 0.455. The van der Waals surface area contributed by atoms with Crippen LogP contribution < -0.4 is 4.74 Å². The molecule has 0 aliphatic heterocycles. The summed E-state index contributed by atoms with van der Waals surface area (Å²) in [6.07, 6.45) is 0. The second kappa shape index (κ2) is 6.38. The van der Waals surface area contributed by atoms with Crippen molar-refractivity contribution in [2.75, 3.05) is 26.8 Å². The molecule has 0 atom stereocenters. The van der Waals surface area contributed by atoms with Gasteiger partial charge in [0.25, 0.3) is 0 Å². The molecule has 18 heavy (non-hydrogen) atoms. The van der Waals surface area contributed by atoms with Crippen molar-refractivity contribution in [3.63, 3.8) is 0 Å². The van der Waals surface area contributed by atoms with Crippen LogP contribution in [0, 0.1) is 0 Å². The SMILES string of the molecule is CCN(CCO)S(=O)(=O)c1ccc(Cl)cc1OC. The molecule has 1 aromatic rings. The normalized spacial score (nSPS) is 11.8. The Bertz CT molecular complexity index is 504.